The van der Waals surface area contributed by atoms with E-state index in [0.29, 0.717) is 29.6 Å². The molecule has 0 atom stereocenters. The van der Waals surface area contributed by atoms with Gasteiger partial charge in [0.1, 0.15) is 0 Å². The molecule has 1 aliphatic heterocycles. The summed E-state index contributed by atoms with van der Waals surface area (Å²) in [5.41, 5.74) is 2.13. The number of nitrogens with zero attached hydrogens (tertiary/aromatic N) is 4. The molecule has 0 amide bonds. The summed E-state index contributed by atoms with van der Waals surface area (Å²) in [6.07, 6.45) is 1.59. The third kappa shape index (κ3) is 5.28. The average Bonchev–Trinajstić information content (AvgIpc) is 3.11. The minimum atomic E-state index is -0.0825. The molecule has 2 heterocycles. The first-order chi connectivity index (χ1) is 15.5. The molecular formula is C24H27ClN4O2S. The van der Waals surface area contributed by atoms with Gasteiger partial charge in [-0.1, -0.05) is 41.9 Å². The van der Waals surface area contributed by atoms with Crippen LogP contribution in [0, 0.1) is 10.7 Å². The number of piperidine rings is 1. The van der Waals surface area contributed by atoms with Crippen LogP contribution >= 0.6 is 23.8 Å². The van der Waals surface area contributed by atoms with Gasteiger partial charge in [-0.3, -0.25) is 14.3 Å². The molecule has 1 aromatic heterocycles. The first-order valence-electron chi connectivity index (χ1n) is 10.9. The highest BCUT2D eigenvalue weighted by atomic mass is 35.5. The number of carbonyl (C=O) groups is 1. The number of hydrogen-bond acceptors (Lipinski definition) is 5. The van der Waals surface area contributed by atoms with E-state index in [1.54, 1.807) is 0 Å². The van der Waals surface area contributed by atoms with Gasteiger partial charge in [-0.05, 0) is 61.8 Å². The van der Waals surface area contributed by atoms with Crippen LogP contribution in [0.1, 0.15) is 25.3 Å². The van der Waals surface area contributed by atoms with Gasteiger partial charge >= 0.3 is 5.97 Å². The van der Waals surface area contributed by atoms with Crippen molar-refractivity contribution in [1.29, 1.82) is 0 Å². The number of likely N-dealkylation sites (tertiary alicyclic amines) is 1. The van der Waals surface area contributed by atoms with Gasteiger partial charge in [0.25, 0.3) is 0 Å². The molecule has 1 saturated heterocycles. The Kier molecular flexibility index (Phi) is 7.40. The normalized spacial score (nSPS) is 15.1. The second-order valence-corrected chi connectivity index (χ2v) is 8.77. The van der Waals surface area contributed by atoms with Gasteiger partial charge < -0.3 is 4.74 Å². The molecule has 168 valence electrons. The molecule has 0 unspecified atom stereocenters. The van der Waals surface area contributed by atoms with Crippen LogP contribution in [-0.4, -0.2) is 44.9 Å². The summed E-state index contributed by atoms with van der Waals surface area (Å²) < 4.78 is 9.81. The zero-order valence-corrected chi connectivity index (χ0v) is 19.7. The summed E-state index contributed by atoms with van der Waals surface area (Å²) in [7, 11) is 0. The SMILES string of the molecule is CCOC(=O)C1CCN(Cn2nc(-c3ccc(Cl)cc3)n(Cc3ccccc3)c2=S)CC1. The molecule has 0 N–H and O–H groups in total. The highest BCUT2D eigenvalue weighted by Gasteiger charge is 2.26. The number of aromatic nitrogens is 3. The van der Waals surface area contributed by atoms with E-state index >= 15 is 0 Å². The van der Waals surface area contributed by atoms with E-state index in [0.717, 1.165) is 42.9 Å². The van der Waals surface area contributed by atoms with Crippen LogP contribution in [0.5, 0.6) is 0 Å². The fourth-order valence-corrected chi connectivity index (χ4v) is 4.39. The van der Waals surface area contributed by atoms with Gasteiger partial charge in [-0.25, -0.2) is 4.68 Å². The van der Waals surface area contributed by atoms with Crippen molar-refractivity contribution in [1.82, 2.24) is 19.2 Å². The van der Waals surface area contributed by atoms with Gasteiger partial charge in [0, 0.05) is 23.7 Å². The molecule has 32 heavy (non-hydrogen) atoms. The lowest BCUT2D eigenvalue weighted by Gasteiger charge is -2.30. The minimum absolute atomic E-state index is 0.0144. The zero-order chi connectivity index (χ0) is 22.5. The van der Waals surface area contributed by atoms with E-state index in [1.165, 1.54) is 0 Å². The maximum absolute atomic E-state index is 12.0. The van der Waals surface area contributed by atoms with Gasteiger partial charge in [0.15, 0.2) is 10.6 Å². The van der Waals surface area contributed by atoms with Crippen molar-refractivity contribution in [2.75, 3.05) is 19.7 Å². The monoisotopic (exact) mass is 470 g/mol. The van der Waals surface area contributed by atoms with Crippen LogP contribution in [0.2, 0.25) is 5.02 Å². The molecule has 0 bridgehead atoms. The molecule has 6 nitrogen and oxygen atoms in total. The van der Waals surface area contributed by atoms with E-state index in [2.05, 4.69) is 21.6 Å². The average molecular weight is 471 g/mol. The fraction of sp³-hybridized carbons (Fsp3) is 0.375. The lowest BCUT2D eigenvalue weighted by molar-refractivity contribution is -0.149. The Bertz CT molecular complexity index is 1100. The molecule has 1 fully saturated rings. The molecule has 0 spiro atoms. The standard InChI is InChI=1S/C24H27ClN4O2S/c1-2-31-23(30)20-12-14-27(15-13-20)17-29-24(32)28(16-18-6-4-3-5-7-18)22(26-29)19-8-10-21(25)11-9-19/h3-11,20H,2,12-17H2,1H3. The summed E-state index contributed by atoms with van der Waals surface area (Å²) in [5.74, 6) is 0.720. The maximum atomic E-state index is 12.0. The first-order valence-corrected chi connectivity index (χ1v) is 11.7. The fourth-order valence-electron chi connectivity index (χ4n) is 4.01. The minimum Gasteiger partial charge on any atom is -0.466 e. The number of carbonyl (C=O) groups excluding carboxylic acids is 1. The topological polar surface area (TPSA) is 52.3 Å². The number of hydrogen-bond donors (Lipinski definition) is 0. The largest absolute Gasteiger partial charge is 0.466 e. The third-order valence-electron chi connectivity index (χ3n) is 5.75. The highest BCUT2D eigenvalue weighted by Crippen LogP contribution is 2.23. The van der Waals surface area contributed by atoms with E-state index in [-0.39, 0.29) is 11.9 Å². The van der Waals surface area contributed by atoms with Gasteiger partial charge in [-0.15, -0.1) is 0 Å². The number of halogens is 1. The number of esters is 1. The molecule has 3 aromatic rings. The first kappa shape index (κ1) is 22.7. The van der Waals surface area contributed by atoms with Crippen molar-refractivity contribution in [3.05, 3.63) is 70.0 Å². The predicted molar refractivity (Wildman–Crippen MR) is 128 cm³/mol. The van der Waals surface area contributed by atoms with Gasteiger partial charge in [0.2, 0.25) is 0 Å². The van der Waals surface area contributed by atoms with Crippen molar-refractivity contribution >= 4 is 29.8 Å². The molecule has 4 rings (SSSR count). The zero-order valence-electron chi connectivity index (χ0n) is 18.1. The van der Waals surface area contributed by atoms with Crippen LogP contribution in [0.3, 0.4) is 0 Å². The lowest BCUT2D eigenvalue weighted by Crippen LogP contribution is -2.38. The molecule has 0 saturated carbocycles. The Labute approximate surface area is 198 Å². The van der Waals surface area contributed by atoms with Crippen LogP contribution in [0.4, 0.5) is 0 Å². The predicted octanol–water partition coefficient (Wildman–Crippen LogP) is 5.02. The number of rotatable bonds is 7. The quantitative estimate of drug-likeness (QED) is 0.358. The molecule has 1 aliphatic rings. The molecule has 8 heteroatoms. The van der Waals surface area contributed by atoms with Crippen LogP contribution in [-0.2, 0) is 22.7 Å². The van der Waals surface area contributed by atoms with Crippen molar-refractivity contribution in [2.45, 2.75) is 33.0 Å². The van der Waals surface area contributed by atoms with E-state index in [4.69, 9.17) is 33.7 Å². The Morgan fingerprint density at radius 1 is 1.12 bits per heavy atom. The van der Waals surface area contributed by atoms with Crippen LogP contribution in [0.25, 0.3) is 11.4 Å². The molecular weight excluding hydrogens is 444 g/mol. The van der Waals surface area contributed by atoms with Crippen molar-refractivity contribution in [3.63, 3.8) is 0 Å². The van der Waals surface area contributed by atoms with Crippen LogP contribution in [0.15, 0.2) is 54.6 Å². The molecule has 0 aliphatic carbocycles. The summed E-state index contributed by atoms with van der Waals surface area (Å²) >= 11 is 11.9. The third-order valence-corrected chi connectivity index (χ3v) is 6.43. The second-order valence-electron chi connectivity index (χ2n) is 7.97. The Morgan fingerprint density at radius 2 is 1.81 bits per heavy atom. The maximum Gasteiger partial charge on any atom is 0.309 e. The smallest absolute Gasteiger partial charge is 0.309 e. The van der Waals surface area contributed by atoms with E-state index in [1.807, 2.05) is 54.1 Å². The Balaban J connectivity index is 1.56. The molecule has 2 aromatic carbocycles. The Morgan fingerprint density at radius 3 is 2.47 bits per heavy atom. The van der Waals surface area contributed by atoms with Crippen LogP contribution < -0.4 is 0 Å². The summed E-state index contributed by atoms with van der Waals surface area (Å²) in [6.45, 7) is 5.14. The highest BCUT2D eigenvalue weighted by molar-refractivity contribution is 7.71. The Hall–Kier alpha value is -2.48. The van der Waals surface area contributed by atoms with E-state index < -0.39 is 0 Å². The summed E-state index contributed by atoms with van der Waals surface area (Å²) in [6, 6.07) is 17.9. The van der Waals surface area contributed by atoms with Gasteiger partial charge in [0.05, 0.1) is 25.7 Å². The summed E-state index contributed by atoms with van der Waals surface area (Å²) in [4.78, 5) is 14.3. The van der Waals surface area contributed by atoms with Gasteiger partial charge in [-0.2, -0.15) is 5.10 Å². The van der Waals surface area contributed by atoms with Crippen molar-refractivity contribution in [3.8, 4) is 11.4 Å². The molecule has 0 radical (unpaired) electrons. The lowest BCUT2D eigenvalue weighted by atomic mass is 9.97. The number of benzene rings is 2. The second kappa shape index (κ2) is 10.4. The number of ether oxygens (including phenoxy) is 1. The van der Waals surface area contributed by atoms with Crippen molar-refractivity contribution < 1.29 is 9.53 Å². The summed E-state index contributed by atoms with van der Waals surface area (Å²) in [5, 5.41) is 5.57. The van der Waals surface area contributed by atoms with E-state index in [9.17, 15) is 4.79 Å². The van der Waals surface area contributed by atoms with Crippen molar-refractivity contribution in [2.24, 2.45) is 5.92 Å².